The van der Waals surface area contributed by atoms with Crippen LogP contribution in [0.5, 0.6) is 0 Å². The second-order valence-electron chi connectivity index (χ2n) is 4.91. The van der Waals surface area contributed by atoms with Crippen molar-refractivity contribution in [1.29, 1.82) is 0 Å². The first-order valence-corrected chi connectivity index (χ1v) is 6.62. The summed E-state index contributed by atoms with van der Waals surface area (Å²) in [5, 5.41) is 0.255. The van der Waals surface area contributed by atoms with Gasteiger partial charge in [-0.05, 0) is 49.8 Å². The summed E-state index contributed by atoms with van der Waals surface area (Å²) in [6.07, 6.45) is 2.25. The van der Waals surface area contributed by atoms with Crippen LogP contribution in [0.3, 0.4) is 0 Å². The van der Waals surface area contributed by atoms with Crippen LogP contribution in [-0.2, 0) is 0 Å². The summed E-state index contributed by atoms with van der Waals surface area (Å²) in [7, 11) is 0. The quantitative estimate of drug-likeness (QED) is 0.639. The molecule has 0 saturated heterocycles. The van der Waals surface area contributed by atoms with Gasteiger partial charge in [-0.2, -0.15) is 0 Å². The van der Waals surface area contributed by atoms with E-state index < -0.39 is 0 Å². The summed E-state index contributed by atoms with van der Waals surface area (Å²) in [6, 6.07) is 4.52. The second-order valence-corrected chi connectivity index (χ2v) is 5.47. The lowest BCUT2D eigenvalue weighted by molar-refractivity contribution is 0.628. The van der Waals surface area contributed by atoms with Crippen LogP contribution >= 0.6 is 11.6 Å². The molecule has 0 fully saturated rings. The van der Waals surface area contributed by atoms with Gasteiger partial charge in [0.05, 0.1) is 0 Å². The number of rotatable bonds is 4. The third kappa shape index (κ3) is 3.01. The molecule has 1 aromatic rings. The molecule has 0 saturated carbocycles. The highest BCUT2D eigenvalue weighted by Crippen LogP contribution is 2.31. The average molecular weight is 239 g/mol. The molecule has 0 N–H and O–H groups in total. The lowest BCUT2D eigenvalue weighted by Gasteiger charge is -2.22. The molecule has 0 aromatic heterocycles. The van der Waals surface area contributed by atoms with Crippen LogP contribution in [-0.4, -0.2) is 5.38 Å². The first kappa shape index (κ1) is 13.6. The topological polar surface area (TPSA) is 0 Å². The summed E-state index contributed by atoms with van der Waals surface area (Å²) >= 11 is 6.45. The molecule has 0 nitrogen and oxygen atoms in total. The van der Waals surface area contributed by atoms with Gasteiger partial charge in [-0.15, -0.1) is 11.6 Å². The molecule has 2 atom stereocenters. The Hall–Kier alpha value is -0.490. The van der Waals surface area contributed by atoms with Gasteiger partial charge >= 0.3 is 0 Å². The average Bonchev–Trinajstić information content (AvgIpc) is 2.16. The molecular weight excluding hydrogens is 216 g/mol. The fourth-order valence-electron chi connectivity index (χ4n) is 2.62. The molecule has 0 bridgehead atoms. The minimum atomic E-state index is 0.255. The smallest absolute Gasteiger partial charge is 0.0402 e. The van der Waals surface area contributed by atoms with E-state index in [-0.39, 0.29) is 5.38 Å². The van der Waals surface area contributed by atoms with Crippen LogP contribution in [0.1, 0.15) is 54.9 Å². The van der Waals surface area contributed by atoms with Crippen molar-refractivity contribution in [3.05, 3.63) is 34.4 Å². The fourth-order valence-corrected chi connectivity index (χ4v) is 2.96. The van der Waals surface area contributed by atoms with Crippen LogP contribution in [0.15, 0.2) is 12.1 Å². The number of hydrogen-bond donors (Lipinski definition) is 0. The molecule has 90 valence electrons. The normalized spacial score (nSPS) is 14.9. The van der Waals surface area contributed by atoms with Crippen molar-refractivity contribution < 1.29 is 0 Å². The van der Waals surface area contributed by atoms with Crippen LogP contribution < -0.4 is 0 Å². The number of halogens is 1. The van der Waals surface area contributed by atoms with E-state index in [0.717, 1.165) is 12.8 Å². The molecule has 0 heterocycles. The Kier molecular flexibility index (Phi) is 4.86. The Morgan fingerprint density at radius 2 is 1.62 bits per heavy atom. The molecule has 1 heteroatoms. The summed E-state index contributed by atoms with van der Waals surface area (Å²) in [4.78, 5) is 0. The molecule has 16 heavy (non-hydrogen) atoms. The van der Waals surface area contributed by atoms with Gasteiger partial charge in [-0.3, -0.25) is 0 Å². The maximum Gasteiger partial charge on any atom is 0.0402 e. The van der Waals surface area contributed by atoms with E-state index in [1.165, 1.54) is 22.3 Å². The van der Waals surface area contributed by atoms with E-state index in [0.29, 0.717) is 5.92 Å². The molecule has 0 amide bonds. The Balaban J connectivity index is 3.03. The van der Waals surface area contributed by atoms with Crippen LogP contribution in [0.2, 0.25) is 0 Å². The van der Waals surface area contributed by atoms with E-state index in [1.54, 1.807) is 0 Å². The summed E-state index contributed by atoms with van der Waals surface area (Å²) in [5.74, 6) is 0.446. The molecule has 0 aliphatic carbocycles. The number of aryl methyl sites for hydroxylation is 3. The highest BCUT2D eigenvalue weighted by Gasteiger charge is 2.19. The van der Waals surface area contributed by atoms with Crippen molar-refractivity contribution in [3.8, 4) is 0 Å². The monoisotopic (exact) mass is 238 g/mol. The first-order valence-electron chi connectivity index (χ1n) is 6.19. The van der Waals surface area contributed by atoms with E-state index in [2.05, 4.69) is 46.8 Å². The zero-order valence-electron chi connectivity index (χ0n) is 11.1. The van der Waals surface area contributed by atoms with Gasteiger partial charge in [0, 0.05) is 5.38 Å². The van der Waals surface area contributed by atoms with E-state index in [9.17, 15) is 0 Å². The molecular formula is C15H23Cl. The molecule has 0 spiro atoms. The van der Waals surface area contributed by atoms with Gasteiger partial charge in [0.1, 0.15) is 0 Å². The fraction of sp³-hybridized carbons (Fsp3) is 0.600. The molecule has 1 rings (SSSR count). The van der Waals surface area contributed by atoms with Crippen LogP contribution in [0.25, 0.3) is 0 Å². The minimum absolute atomic E-state index is 0.255. The molecule has 0 radical (unpaired) electrons. The van der Waals surface area contributed by atoms with Crippen molar-refractivity contribution in [2.75, 3.05) is 0 Å². The Labute approximate surface area is 105 Å². The van der Waals surface area contributed by atoms with Crippen LogP contribution in [0, 0.1) is 20.8 Å². The molecule has 0 aliphatic rings. The van der Waals surface area contributed by atoms with Gasteiger partial charge in [0.25, 0.3) is 0 Å². The number of benzene rings is 1. The predicted octanol–water partition coefficient (Wildman–Crippen LogP) is 5.12. The second kappa shape index (κ2) is 5.72. The first-order chi connectivity index (χ1) is 7.47. The Morgan fingerprint density at radius 3 is 2.06 bits per heavy atom. The number of hydrogen-bond acceptors (Lipinski definition) is 0. The van der Waals surface area contributed by atoms with Gasteiger partial charge in [-0.25, -0.2) is 0 Å². The van der Waals surface area contributed by atoms with Crippen molar-refractivity contribution in [2.24, 2.45) is 0 Å². The lowest BCUT2D eigenvalue weighted by atomic mass is 9.87. The standard InChI is InChI=1S/C15H23Cl/c1-6-7-14(16)13(5)15-11(3)8-10(2)9-12(15)4/h8-9,13-14H,6-7H2,1-5H3. The highest BCUT2D eigenvalue weighted by atomic mass is 35.5. The van der Waals surface area contributed by atoms with Gasteiger partial charge in [0.15, 0.2) is 0 Å². The van der Waals surface area contributed by atoms with Crippen molar-refractivity contribution >= 4 is 11.6 Å². The third-order valence-corrected chi connectivity index (χ3v) is 3.90. The lowest BCUT2D eigenvalue weighted by Crippen LogP contribution is -2.12. The maximum atomic E-state index is 6.45. The van der Waals surface area contributed by atoms with E-state index >= 15 is 0 Å². The highest BCUT2D eigenvalue weighted by molar-refractivity contribution is 6.21. The number of alkyl halides is 1. The summed E-state index contributed by atoms with van der Waals surface area (Å²) < 4.78 is 0. The van der Waals surface area contributed by atoms with Gasteiger partial charge < -0.3 is 0 Å². The van der Waals surface area contributed by atoms with Crippen molar-refractivity contribution in [1.82, 2.24) is 0 Å². The summed E-state index contributed by atoms with van der Waals surface area (Å²) in [5.41, 5.74) is 5.55. The molecule has 1 aromatic carbocycles. The van der Waals surface area contributed by atoms with E-state index in [1.807, 2.05) is 0 Å². The Bertz CT molecular complexity index is 331. The van der Waals surface area contributed by atoms with Gasteiger partial charge in [-0.1, -0.05) is 38.0 Å². The van der Waals surface area contributed by atoms with E-state index in [4.69, 9.17) is 11.6 Å². The SMILES string of the molecule is CCCC(Cl)C(C)c1c(C)cc(C)cc1C. The molecule has 2 unspecified atom stereocenters. The minimum Gasteiger partial charge on any atom is -0.122 e. The zero-order chi connectivity index (χ0) is 12.3. The summed E-state index contributed by atoms with van der Waals surface area (Å²) in [6.45, 7) is 11.0. The molecule has 0 aliphatic heterocycles. The Morgan fingerprint density at radius 1 is 1.12 bits per heavy atom. The zero-order valence-corrected chi connectivity index (χ0v) is 11.9. The van der Waals surface area contributed by atoms with Crippen LogP contribution in [0.4, 0.5) is 0 Å². The maximum absolute atomic E-state index is 6.45. The van der Waals surface area contributed by atoms with Crippen molar-refractivity contribution in [2.45, 2.75) is 58.8 Å². The van der Waals surface area contributed by atoms with Gasteiger partial charge in [0.2, 0.25) is 0 Å². The van der Waals surface area contributed by atoms with Crippen molar-refractivity contribution in [3.63, 3.8) is 0 Å². The third-order valence-electron chi connectivity index (χ3n) is 3.30. The largest absolute Gasteiger partial charge is 0.122 e. The predicted molar refractivity (Wildman–Crippen MR) is 73.6 cm³/mol.